The molecule has 0 spiro atoms. The van der Waals surface area contributed by atoms with Crippen LogP contribution < -0.4 is 5.43 Å². The van der Waals surface area contributed by atoms with Gasteiger partial charge in [0.25, 0.3) is 11.8 Å². The van der Waals surface area contributed by atoms with Gasteiger partial charge in [-0.3, -0.25) is 15.0 Å². The van der Waals surface area contributed by atoms with Gasteiger partial charge in [-0.15, -0.1) is 0 Å². The Morgan fingerprint density at radius 3 is 2.48 bits per heavy atom. The molecular weight excluding hydrogens is 387 g/mol. The molecule has 148 valence electrons. The highest BCUT2D eigenvalue weighted by Crippen LogP contribution is 2.34. The van der Waals surface area contributed by atoms with E-state index in [1.807, 2.05) is 6.92 Å². The Morgan fingerprint density at radius 1 is 1.26 bits per heavy atom. The summed E-state index contributed by atoms with van der Waals surface area (Å²) in [6.07, 6.45) is -3.30. The maximum Gasteiger partial charge on any atom is 0.419 e. The highest BCUT2D eigenvalue weighted by Gasteiger charge is 2.37. The monoisotopic (exact) mass is 405 g/mol. The molecule has 10 heteroatoms. The maximum atomic E-state index is 12.7. The van der Waals surface area contributed by atoms with Gasteiger partial charge in [-0.1, -0.05) is 24.9 Å². The number of aliphatic hydroxyl groups is 1. The molecule has 1 aliphatic heterocycles. The van der Waals surface area contributed by atoms with E-state index < -0.39 is 34.8 Å². The number of halogens is 4. The molecule has 2 N–H and O–H groups in total. The average molecular weight is 406 g/mol. The van der Waals surface area contributed by atoms with Gasteiger partial charge in [-0.05, 0) is 38.3 Å². The van der Waals surface area contributed by atoms with Gasteiger partial charge in [0, 0.05) is 11.1 Å². The molecule has 0 aromatic carbocycles. The van der Waals surface area contributed by atoms with E-state index in [1.54, 1.807) is 0 Å². The molecule has 2 amide bonds. The number of alkyl halides is 3. The van der Waals surface area contributed by atoms with Crippen LogP contribution in [0.1, 0.15) is 45.1 Å². The summed E-state index contributed by atoms with van der Waals surface area (Å²) in [5, 5.41) is 9.70. The molecule has 1 aromatic rings. The van der Waals surface area contributed by atoms with E-state index in [9.17, 15) is 27.9 Å². The highest BCUT2D eigenvalue weighted by molar-refractivity contribution is 6.30. The molecule has 1 aliphatic rings. The lowest BCUT2D eigenvalue weighted by molar-refractivity contribution is -0.138. The van der Waals surface area contributed by atoms with Crippen molar-refractivity contribution in [3.63, 3.8) is 0 Å². The highest BCUT2D eigenvalue weighted by atomic mass is 35.5. The van der Waals surface area contributed by atoms with Crippen LogP contribution in [0, 0.1) is 0 Å². The van der Waals surface area contributed by atoms with Crippen LogP contribution in [-0.2, 0) is 15.8 Å². The van der Waals surface area contributed by atoms with Crippen molar-refractivity contribution in [2.24, 2.45) is 0 Å². The fraction of sp³-hybridized carbons (Fsp3) is 0.471. The SMILES string of the molecule is CCCC(O)CCC1=C(C)C(=O)N(Nc2ccc(C(F)(F)F)c(Cl)n2)C1=O. The number of hydrogen-bond acceptors (Lipinski definition) is 5. The summed E-state index contributed by atoms with van der Waals surface area (Å²) in [7, 11) is 0. The fourth-order valence-corrected chi connectivity index (χ4v) is 2.95. The number of rotatable bonds is 7. The summed E-state index contributed by atoms with van der Waals surface area (Å²) in [6, 6.07) is 1.69. The van der Waals surface area contributed by atoms with Gasteiger partial charge in [-0.2, -0.15) is 18.2 Å². The van der Waals surface area contributed by atoms with Crippen LogP contribution in [-0.4, -0.2) is 33.0 Å². The number of aromatic nitrogens is 1. The number of imide groups is 1. The van der Waals surface area contributed by atoms with Crippen molar-refractivity contribution < 1.29 is 27.9 Å². The molecule has 0 radical (unpaired) electrons. The zero-order chi connectivity index (χ0) is 20.4. The van der Waals surface area contributed by atoms with E-state index in [4.69, 9.17) is 11.6 Å². The summed E-state index contributed by atoms with van der Waals surface area (Å²) < 4.78 is 38.2. The zero-order valence-electron chi connectivity index (χ0n) is 14.7. The van der Waals surface area contributed by atoms with Crippen molar-refractivity contribution in [3.8, 4) is 0 Å². The van der Waals surface area contributed by atoms with Crippen LogP contribution in [0.5, 0.6) is 0 Å². The molecule has 2 rings (SSSR count). The molecule has 0 bridgehead atoms. The Kier molecular flexibility index (Phi) is 6.48. The second kappa shape index (κ2) is 8.26. The number of nitrogens with zero attached hydrogens (tertiary/aromatic N) is 2. The minimum Gasteiger partial charge on any atom is -0.393 e. The van der Waals surface area contributed by atoms with Gasteiger partial charge >= 0.3 is 6.18 Å². The number of aliphatic hydroxyl groups excluding tert-OH is 1. The van der Waals surface area contributed by atoms with E-state index in [0.717, 1.165) is 12.5 Å². The summed E-state index contributed by atoms with van der Waals surface area (Å²) >= 11 is 5.55. The molecule has 1 atom stereocenters. The smallest absolute Gasteiger partial charge is 0.393 e. The van der Waals surface area contributed by atoms with Gasteiger partial charge in [0.2, 0.25) is 0 Å². The van der Waals surface area contributed by atoms with Gasteiger partial charge < -0.3 is 5.11 Å². The number of amides is 2. The summed E-state index contributed by atoms with van der Waals surface area (Å²) in [5.74, 6) is -1.42. The number of carbonyl (C=O) groups is 2. The molecule has 0 saturated heterocycles. The van der Waals surface area contributed by atoms with E-state index >= 15 is 0 Å². The first-order valence-electron chi connectivity index (χ1n) is 8.33. The molecule has 0 saturated carbocycles. The Labute approximate surface area is 159 Å². The molecule has 1 unspecified atom stereocenters. The number of carbonyl (C=O) groups excluding carboxylic acids is 2. The molecule has 27 heavy (non-hydrogen) atoms. The molecular formula is C17H19ClF3N3O3. The zero-order valence-corrected chi connectivity index (χ0v) is 15.5. The van der Waals surface area contributed by atoms with Gasteiger partial charge in [0.05, 0.1) is 11.7 Å². The second-order valence-corrected chi connectivity index (χ2v) is 6.53. The van der Waals surface area contributed by atoms with Crippen molar-refractivity contribution in [1.82, 2.24) is 9.99 Å². The lowest BCUT2D eigenvalue weighted by atomic mass is 10.0. The largest absolute Gasteiger partial charge is 0.419 e. The van der Waals surface area contributed by atoms with Gasteiger partial charge in [0.15, 0.2) is 0 Å². The van der Waals surface area contributed by atoms with Crippen LogP contribution in [0.2, 0.25) is 5.15 Å². The third-order valence-corrected chi connectivity index (χ3v) is 4.46. The lowest BCUT2D eigenvalue weighted by Crippen LogP contribution is -2.37. The minimum atomic E-state index is -4.66. The Morgan fingerprint density at radius 2 is 1.93 bits per heavy atom. The number of anilines is 1. The number of hydrogen-bond donors (Lipinski definition) is 2. The Hall–Kier alpha value is -2.13. The van der Waals surface area contributed by atoms with Crippen LogP contribution in [0.4, 0.5) is 19.0 Å². The summed E-state index contributed by atoms with van der Waals surface area (Å²) in [5.41, 5.74) is 1.75. The third kappa shape index (κ3) is 4.78. The minimum absolute atomic E-state index is 0.172. The average Bonchev–Trinajstić information content (AvgIpc) is 2.76. The van der Waals surface area contributed by atoms with E-state index in [0.29, 0.717) is 23.9 Å². The molecule has 6 nitrogen and oxygen atoms in total. The molecule has 2 heterocycles. The Bertz CT molecular complexity index is 780. The van der Waals surface area contributed by atoms with Gasteiger partial charge in [-0.25, -0.2) is 4.98 Å². The van der Waals surface area contributed by atoms with Gasteiger partial charge in [0.1, 0.15) is 11.0 Å². The van der Waals surface area contributed by atoms with E-state index in [1.165, 1.54) is 6.92 Å². The van der Waals surface area contributed by atoms with E-state index in [2.05, 4.69) is 10.4 Å². The molecule has 1 aromatic heterocycles. The van der Waals surface area contributed by atoms with Crippen molar-refractivity contribution in [1.29, 1.82) is 0 Å². The Balaban J connectivity index is 2.12. The number of pyridine rings is 1. The summed E-state index contributed by atoms with van der Waals surface area (Å²) in [6.45, 7) is 3.41. The first kappa shape index (κ1) is 21.2. The topological polar surface area (TPSA) is 82.5 Å². The van der Waals surface area contributed by atoms with Crippen molar-refractivity contribution in [2.45, 2.75) is 51.8 Å². The predicted molar refractivity (Wildman–Crippen MR) is 92.6 cm³/mol. The van der Waals surface area contributed by atoms with Crippen LogP contribution in [0.3, 0.4) is 0 Å². The van der Waals surface area contributed by atoms with Crippen LogP contribution in [0.15, 0.2) is 23.3 Å². The predicted octanol–water partition coefficient (Wildman–Crippen LogP) is 3.71. The quantitative estimate of drug-likeness (QED) is 0.534. The summed E-state index contributed by atoms with van der Waals surface area (Å²) in [4.78, 5) is 28.3. The van der Waals surface area contributed by atoms with E-state index in [-0.39, 0.29) is 23.4 Å². The number of hydrazine groups is 1. The fourth-order valence-electron chi connectivity index (χ4n) is 2.69. The second-order valence-electron chi connectivity index (χ2n) is 6.17. The van der Waals surface area contributed by atoms with Crippen molar-refractivity contribution in [2.75, 3.05) is 5.43 Å². The maximum absolute atomic E-state index is 12.7. The normalized spacial score (nSPS) is 16.3. The van der Waals surface area contributed by atoms with Crippen LogP contribution >= 0.6 is 11.6 Å². The molecule has 0 aliphatic carbocycles. The molecule has 0 fully saturated rings. The third-order valence-electron chi connectivity index (χ3n) is 4.17. The first-order chi connectivity index (χ1) is 12.6. The van der Waals surface area contributed by atoms with Crippen LogP contribution in [0.25, 0.3) is 0 Å². The first-order valence-corrected chi connectivity index (χ1v) is 8.71. The standard InChI is InChI=1S/C17H19ClF3N3O3/c1-3-4-10(25)5-6-11-9(2)15(26)24(16(11)27)23-13-8-7-12(14(18)22-13)17(19,20)21/h7-8,10,25H,3-6H2,1-2H3,(H,22,23). The lowest BCUT2D eigenvalue weighted by Gasteiger charge is -2.18. The van der Waals surface area contributed by atoms with Crippen molar-refractivity contribution >= 4 is 29.2 Å². The van der Waals surface area contributed by atoms with Crippen molar-refractivity contribution in [3.05, 3.63) is 34.0 Å². The number of nitrogens with one attached hydrogen (secondary N) is 1.